The molecule has 2 saturated carbocycles. The maximum atomic E-state index is 13.5. The normalized spacial score (nSPS) is 24.8. The zero-order chi connectivity index (χ0) is 25.1. The third-order valence-electron chi connectivity index (χ3n) is 6.53. The van der Waals surface area contributed by atoms with Gasteiger partial charge in [0.1, 0.15) is 11.4 Å². The smallest absolute Gasteiger partial charge is 0.417 e. The summed E-state index contributed by atoms with van der Waals surface area (Å²) < 4.78 is 85.6. The molecule has 4 rings (SSSR count). The first kappa shape index (κ1) is 24.3. The van der Waals surface area contributed by atoms with Crippen LogP contribution in [0, 0.1) is 22.6 Å². The molecule has 0 aromatic heterocycles. The molecule has 2 aliphatic carbocycles. The van der Waals surface area contributed by atoms with E-state index < -0.39 is 79.7 Å². The molecular weight excluding hydrogens is 482 g/mol. The Hall–Kier alpha value is -2.88. The lowest BCUT2D eigenvalue weighted by Gasteiger charge is -2.27. The molecule has 34 heavy (non-hydrogen) atoms. The second-order valence-electron chi connectivity index (χ2n) is 9.24. The summed E-state index contributed by atoms with van der Waals surface area (Å²) in [5, 5.41) is 9.98. The number of amides is 2. The van der Waals surface area contributed by atoms with E-state index in [4.69, 9.17) is 10.00 Å². The molecule has 1 aromatic rings. The van der Waals surface area contributed by atoms with E-state index in [9.17, 15) is 35.6 Å². The van der Waals surface area contributed by atoms with Gasteiger partial charge in [-0.1, -0.05) is 6.92 Å². The lowest BCUT2D eigenvalue weighted by molar-refractivity contribution is -0.143. The molecule has 13 heteroatoms. The van der Waals surface area contributed by atoms with Crippen LogP contribution in [0.2, 0.25) is 0 Å². The van der Waals surface area contributed by atoms with E-state index in [0.717, 1.165) is 4.90 Å². The van der Waals surface area contributed by atoms with Crippen molar-refractivity contribution in [3.63, 3.8) is 0 Å². The summed E-state index contributed by atoms with van der Waals surface area (Å²) >= 11 is 0. The number of alkyl carbamates (subject to hydrolysis) is 1. The molecular formula is C21H21F4N3O5S. The number of nitrogens with zero attached hydrogens (tertiary/aromatic N) is 2. The van der Waals surface area contributed by atoms with Crippen molar-refractivity contribution >= 4 is 21.8 Å². The number of hydrogen-bond donors (Lipinski definition) is 1. The number of benzene rings is 1. The lowest BCUT2D eigenvalue weighted by atomic mass is 10.1. The van der Waals surface area contributed by atoms with E-state index in [2.05, 4.69) is 5.32 Å². The number of nitrogens with one attached hydrogen (secondary N) is 1. The molecule has 0 unspecified atom stereocenters. The molecule has 1 aromatic carbocycles. The molecule has 0 spiro atoms. The number of sulfone groups is 1. The second kappa shape index (κ2) is 7.83. The molecule has 184 valence electrons. The molecule has 1 aliphatic heterocycles. The number of halogens is 4. The molecule has 0 bridgehead atoms. The van der Waals surface area contributed by atoms with Crippen LogP contribution in [0.15, 0.2) is 23.1 Å². The maximum absolute atomic E-state index is 13.5. The zero-order valence-electron chi connectivity index (χ0n) is 18.0. The Morgan fingerprint density at radius 3 is 2.41 bits per heavy atom. The molecule has 1 heterocycles. The van der Waals surface area contributed by atoms with E-state index in [0.29, 0.717) is 37.8 Å². The number of likely N-dealkylation sites (tertiary alicyclic amines) is 1. The van der Waals surface area contributed by atoms with E-state index in [1.807, 2.05) is 6.07 Å². The molecule has 2 amide bonds. The number of rotatable bonds is 5. The van der Waals surface area contributed by atoms with Crippen LogP contribution in [-0.4, -0.2) is 48.9 Å². The van der Waals surface area contributed by atoms with Crippen LogP contribution in [0.4, 0.5) is 22.4 Å². The van der Waals surface area contributed by atoms with Crippen molar-refractivity contribution in [2.45, 2.75) is 67.1 Å². The van der Waals surface area contributed by atoms with Crippen molar-refractivity contribution in [1.82, 2.24) is 10.2 Å². The minimum Gasteiger partial charge on any atom is -0.425 e. The summed E-state index contributed by atoms with van der Waals surface area (Å²) in [5.41, 5.74) is -3.49. The summed E-state index contributed by atoms with van der Waals surface area (Å²) in [6, 6.07) is 3.20. The summed E-state index contributed by atoms with van der Waals surface area (Å²) in [6.07, 6.45) is -6.10. The van der Waals surface area contributed by atoms with Gasteiger partial charge in [0, 0.05) is 18.4 Å². The highest BCUT2D eigenvalue weighted by Crippen LogP contribution is 2.48. The highest BCUT2D eigenvalue weighted by molar-refractivity contribution is 7.92. The Balaban J connectivity index is 1.62. The van der Waals surface area contributed by atoms with E-state index in [1.54, 1.807) is 6.92 Å². The van der Waals surface area contributed by atoms with E-state index in [-0.39, 0.29) is 6.07 Å². The van der Waals surface area contributed by atoms with Crippen LogP contribution in [-0.2, 0) is 25.5 Å². The molecule has 0 radical (unpaired) electrons. The first-order valence-electron chi connectivity index (χ1n) is 10.5. The standard InChI is InChI=1S/C21H21F4N3O5S/c1-19(4-5-19)17(29)28-10-13(9-16(28)33-18(30)27-20(11-26)6-7-20)34(31,32)15-3-2-12(22)8-14(15)21(23,24)25/h2-3,8,13,16H,4-7,9-10H2,1H3,(H,27,30)/t13-,16+/m1/s1. The summed E-state index contributed by atoms with van der Waals surface area (Å²) in [5.74, 6) is -1.72. The third-order valence-corrected chi connectivity index (χ3v) is 8.72. The Morgan fingerprint density at radius 1 is 1.24 bits per heavy atom. The fraction of sp³-hybridized carbons (Fsp3) is 0.571. The molecule has 8 nitrogen and oxygen atoms in total. The van der Waals surface area contributed by atoms with Gasteiger partial charge in [0.15, 0.2) is 16.1 Å². The van der Waals surface area contributed by atoms with Crippen LogP contribution in [0.25, 0.3) is 0 Å². The van der Waals surface area contributed by atoms with Crippen LogP contribution < -0.4 is 5.32 Å². The monoisotopic (exact) mass is 503 g/mol. The van der Waals surface area contributed by atoms with Gasteiger partial charge in [-0.15, -0.1) is 0 Å². The second-order valence-corrected chi connectivity index (χ2v) is 11.4. The molecule has 3 fully saturated rings. The van der Waals surface area contributed by atoms with Gasteiger partial charge in [-0.3, -0.25) is 4.79 Å². The van der Waals surface area contributed by atoms with Gasteiger partial charge >= 0.3 is 12.3 Å². The van der Waals surface area contributed by atoms with Crippen LogP contribution >= 0.6 is 0 Å². The molecule has 1 N–H and O–H groups in total. The van der Waals surface area contributed by atoms with E-state index in [1.165, 1.54) is 0 Å². The highest BCUT2D eigenvalue weighted by atomic mass is 32.2. The topological polar surface area (TPSA) is 117 Å². The highest BCUT2D eigenvalue weighted by Gasteiger charge is 2.54. The largest absolute Gasteiger partial charge is 0.425 e. The maximum Gasteiger partial charge on any atom is 0.417 e. The lowest BCUT2D eigenvalue weighted by Crippen LogP contribution is -2.45. The van der Waals surface area contributed by atoms with Gasteiger partial charge in [-0.2, -0.15) is 18.4 Å². The van der Waals surface area contributed by atoms with Gasteiger partial charge in [-0.25, -0.2) is 17.6 Å². The van der Waals surface area contributed by atoms with Crippen molar-refractivity contribution < 1.29 is 40.3 Å². The van der Waals surface area contributed by atoms with Crippen molar-refractivity contribution in [3.05, 3.63) is 29.6 Å². The predicted molar refractivity (Wildman–Crippen MR) is 107 cm³/mol. The SMILES string of the molecule is CC1(C(=O)N2C[C@H](S(=O)(=O)c3ccc(F)cc3C(F)(F)F)C[C@@H]2OC(=O)NC2(C#N)CC2)CC1. The quantitative estimate of drug-likeness (QED) is 0.488. The van der Waals surface area contributed by atoms with Gasteiger partial charge in [0.2, 0.25) is 5.91 Å². The van der Waals surface area contributed by atoms with Crippen LogP contribution in [0.3, 0.4) is 0 Å². The van der Waals surface area contributed by atoms with Gasteiger partial charge in [0.25, 0.3) is 0 Å². The fourth-order valence-electron chi connectivity index (χ4n) is 3.95. The number of alkyl halides is 3. The van der Waals surface area contributed by atoms with Gasteiger partial charge in [-0.05, 0) is 43.9 Å². The fourth-order valence-corrected chi connectivity index (χ4v) is 5.82. The van der Waals surface area contributed by atoms with E-state index >= 15 is 0 Å². The number of nitriles is 1. The van der Waals surface area contributed by atoms with Crippen molar-refractivity contribution in [1.29, 1.82) is 5.26 Å². The minimum absolute atomic E-state index is 0.106. The summed E-state index contributed by atoms with van der Waals surface area (Å²) in [4.78, 5) is 25.3. The van der Waals surface area contributed by atoms with Crippen LogP contribution in [0.5, 0.6) is 0 Å². The summed E-state index contributed by atoms with van der Waals surface area (Å²) in [7, 11) is -4.70. The number of carbonyl (C=O) groups is 2. The Labute approximate surface area is 192 Å². The van der Waals surface area contributed by atoms with Gasteiger partial charge < -0.3 is 15.0 Å². The first-order chi connectivity index (χ1) is 15.7. The average molecular weight is 503 g/mol. The average Bonchev–Trinajstić information content (AvgIpc) is 3.65. The van der Waals surface area contributed by atoms with Crippen molar-refractivity contribution in [2.75, 3.05) is 6.54 Å². The third kappa shape index (κ3) is 4.43. The van der Waals surface area contributed by atoms with Crippen LogP contribution in [0.1, 0.15) is 44.6 Å². The zero-order valence-corrected chi connectivity index (χ0v) is 18.8. The predicted octanol–water partition coefficient (Wildman–Crippen LogP) is 3.13. The minimum atomic E-state index is -5.13. The Morgan fingerprint density at radius 2 is 1.88 bits per heavy atom. The molecule has 3 aliphatic rings. The number of ether oxygens (including phenoxy) is 1. The molecule has 2 atom stereocenters. The van der Waals surface area contributed by atoms with Gasteiger partial charge in [0.05, 0.1) is 21.8 Å². The molecule has 1 saturated heterocycles. The first-order valence-corrected chi connectivity index (χ1v) is 12.1. The van der Waals surface area contributed by atoms with Crippen molar-refractivity contribution in [2.24, 2.45) is 5.41 Å². The number of carbonyl (C=O) groups excluding carboxylic acids is 2. The van der Waals surface area contributed by atoms with Crippen molar-refractivity contribution in [3.8, 4) is 6.07 Å². The Kier molecular flexibility index (Phi) is 5.58. The Bertz CT molecular complexity index is 1190. The summed E-state index contributed by atoms with van der Waals surface area (Å²) in [6.45, 7) is 1.16. The number of hydrogen-bond acceptors (Lipinski definition) is 6.